The molecule has 0 N–H and O–H groups in total. The van der Waals surface area contributed by atoms with E-state index in [0.29, 0.717) is 0 Å². The quantitative estimate of drug-likeness (QED) is 0.842. The summed E-state index contributed by atoms with van der Waals surface area (Å²) in [5.74, 6) is 0.834. The van der Waals surface area contributed by atoms with Gasteiger partial charge in [-0.2, -0.15) is 0 Å². The Morgan fingerprint density at radius 1 is 1.25 bits per heavy atom. The highest BCUT2D eigenvalue weighted by Crippen LogP contribution is 2.15. The van der Waals surface area contributed by atoms with Crippen LogP contribution in [0.15, 0.2) is 22.7 Å². The largest absolute Gasteiger partial charge is 0.492 e. The monoisotopic (exact) mass is 282 g/mol. The molecule has 2 nitrogen and oxygen atoms in total. The van der Waals surface area contributed by atoms with E-state index in [0.717, 1.165) is 23.4 Å². The zero-order valence-corrected chi connectivity index (χ0v) is 11.0. The molecule has 0 saturated carbocycles. The third-order valence-corrected chi connectivity index (χ3v) is 3.35. The van der Waals surface area contributed by atoms with Crippen LogP contribution in [-0.4, -0.2) is 31.1 Å². The second-order valence-electron chi connectivity index (χ2n) is 4.12. The molecule has 0 unspecified atom stereocenters. The minimum absolute atomic E-state index is 0.762. The smallest absolute Gasteiger partial charge is 0.127 e. The van der Waals surface area contributed by atoms with Gasteiger partial charge < -0.3 is 4.74 Å². The van der Waals surface area contributed by atoms with Gasteiger partial charge in [0.05, 0.1) is 0 Å². The lowest BCUT2D eigenvalue weighted by Crippen LogP contribution is -2.33. The molecule has 3 heteroatoms. The van der Waals surface area contributed by atoms with Crippen LogP contribution in [-0.2, 0) is 0 Å². The normalized spacial score (nSPS) is 17.3. The van der Waals surface area contributed by atoms with E-state index >= 15 is 0 Å². The van der Waals surface area contributed by atoms with E-state index in [2.05, 4.69) is 26.9 Å². The predicted octanol–water partition coefficient (Wildman–Crippen LogP) is 3.11. The van der Waals surface area contributed by atoms with Crippen LogP contribution in [0.3, 0.4) is 0 Å². The van der Waals surface area contributed by atoms with Crippen LogP contribution >= 0.6 is 15.9 Å². The molecular formula is C13H17BrNO. The molecular weight excluding hydrogens is 266 g/mol. The molecule has 0 spiro atoms. The van der Waals surface area contributed by atoms with Crippen molar-refractivity contribution in [3.8, 4) is 5.75 Å². The topological polar surface area (TPSA) is 12.5 Å². The summed E-state index contributed by atoms with van der Waals surface area (Å²) < 4.78 is 6.68. The molecule has 1 aromatic rings. The van der Waals surface area contributed by atoms with Crippen LogP contribution in [0.25, 0.3) is 0 Å². The summed E-state index contributed by atoms with van der Waals surface area (Å²) in [4.78, 5) is 2.47. The number of hydrogen-bond acceptors (Lipinski definition) is 2. The van der Waals surface area contributed by atoms with Crippen molar-refractivity contribution in [1.82, 2.24) is 4.90 Å². The minimum Gasteiger partial charge on any atom is -0.492 e. The molecule has 0 aromatic heterocycles. The fraction of sp³-hybridized carbons (Fsp3) is 0.538. The first-order valence-electron chi connectivity index (χ1n) is 5.87. The molecule has 1 fully saturated rings. The number of rotatable bonds is 4. The highest BCUT2D eigenvalue weighted by molar-refractivity contribution is 9.10. The molecule has 0 aliphatic carbocycles. The van der Waals surface area contributed by atoms with Gasteiger partial charge in [-0.25, -0.2) is 0 Å². The molecule has 0 amide bonds. The third-order valence-electron chi connectivity index (χ3n) is 2.86. The number of hydrogen-bond donors (Lipinski definition) is 0. The van der Waals surface area contributed by atoms with Gasteiger partial charge in [-0.3, -0.25) is 4.90 Å². The standard InChI is InChI=1S/C13H17BrNO/c14-12-4-6-13(7-5-12)16-11-10-15-8-2-1-3-9-15/h4-6H,1-3,8-11H2. The number of nitrogens with zero attached hydrogens (tertiary/aromatic N) is 1. The van der Waals surface area contributed by atoms with Crippen molar-refractivity contribution in [1.29, 1.82) is 0 Å². The Balaban J connectivity index is 1.69. The lowest BCUT2D eigenvalue weighted by molar-refractivity contribution is 0.183. The molecule has 1 heterocycles. The van der Waals surface area contributed by atoms with Gasteiger partial charge in [-0.1, -0.05) is 22.4 Å². The van der Waals surface area contributed by atoms with E-state index in [1.165, 1.54) is 32.4 Å². The maximum absolute atomic E-state index is 5.65. The third kappa shape index (κ3) is 3.80. The van der Waals surface area contributed by atoms with Crippen LogP contribution in [0.5, 0.6) is 5.75 Å². The zero-order valence-electron chi connectivity index (χ0n) is 9.42. The highest BCUT2D eigenvalue weighted by atomic mass is 79.9. The fourth-order valence-corrected chi connectivity index (χ4v) is 2.20. The number of likely N-dealkylation sites (tertiary alicyclic amines) is 1. The molecule has 1 aliphatic heterocycles. The second kappa shape index (κ2) is 6.26. The first-order valence-corrected chi connectivity index (χ1v) is 6.66. The van der Waals surface area contributed by atoms with Crippen molar-refractivity contribution < 1.29 is 4.74 Å². The van der Waals surface area contributed by atoms with E-state index in [1.54, 1.807) is 0 Å². The van der Waals surface area contributed by atoms with Gasteiger partial charge in [-0.15, -0.1) is 0 Å². The van der Waals surface area contributed by atoms with E-state index in [1.807, 2.05) is 18.2 Å². The van der Waals surface area contributed by atoms with Gasteiger partial charge in [0.25, 0.3) is 0 Å². The van der Waals surface area contributed by atoms with E-state index in [4.69, 9.17) is 4.74 Å². The SMILES string of the molecule is Brc1c[c]c(OCCN2CCCCC2)cc1. The molecule has 1 aromatic carbocycles. The first kappa shape index (κ1) is 11.9. The van der Waals surface area contributed by atoms with E-state index in [-0.39, 0.29) is 0 Å². The van der Waals surface area contributed by atoms with Crippen LogP contribution in [0.2, 0.25) is 0 Å². The Morgan fingerprint density at radius 3 is 2.75 bits per heavy atom. The Morgan fingerprint density at radius 2 is 2.06 bits per heavy atom. The van der Waals surface area contributed by atoms with Gasteiger partial charge in [-0.05, 0) is 44.1 Å². The minimum atomic E-state index is 0.762. The summed E-state index contributed by atoms with van der Waals surface area (Å²) in [6.07, 6.45) is 4.06. The van der Waals surface area contributed by atoms with Gasteiger partial charge >= 0.3 is 0 Å². The molecule has 0 atom stereocenters. The maximum Gasteiger partial charge on any atom is 0.127 e. The van der Waals surface area contributed by atoms with Gasteiger partial charge in [0, 0.05) is 17.1 Å². The maximum atomic E-state index is 5.65. The number of ether oxygens (including phenoxy) is 1. The average Bonchev–Trinajstić information content (AvgIpc) is 2.33. The summed E-state index contributed by atoms with van der Waals surface area (Å²) in [7, 11) is 0. The molecule has 0 bridgehead atoms. The first-order chi connectivity index (χ1) is 7.84. The van der Waals surface area contributed by atoms with Crippen LogP contribution in [0.1, 0.15) is 19.3 Å². The van der Waals surface area contributed by atoms with E-state index in [9.17, 15) is 0 Å². The summed E-state index contributed by atoms with van der Waals surface area (Å²) in [5.41, 5.74) is 0. The number of benzene rings is 1. The second-order valence-corrected chi connectivity index (χ2v) is 5.04. The van der Waals surface area contributed by atoms with Crippen molar-refractivity contribution >= 4 is 15.9 Å². The Kier molecular flexibility index (Phi) is 4.67. The molecule has 2 rings (SSSR count). The number of piperidine rings is 1. The lowest BCUT2D eigenvalue weighted by Gasteiger charge is -2.26. The van der Waals surface area contributed by atoms with E-state index < -0.39 is 0 Å². The average molecular weight is 283 g/mol. The summed E-state index contributed by atoms with van der Waals surface area (Å²) in [6.45, 7) is 4.25. The van der Waals surface area contributed by atoms with Crippen molar-refractivity contribution in [3.05, 3.63) is 28.7 Å². The summed E-state index contributed by atoms with van der Waals surface area (Å²) >= 11 is 3.38. The molecule has 1 radical (unpaired) electrons. The Bertz CT molecular complexity index is 306. The van der Waals surface area contributed by atoms with Crippen LogP contribution in [0, 0.1) is 6.07 Å². The van der Waals surface area contributed by atoms with Crippen molar-refractivity contribution in [3.63, 3.8) is 0 Å². The Hall–Kier alpha value is -0.540. The lowest BCUT2D eigenvalue weighted by atomic mass is 10.1. The van der Waals surface area contributed by atoms with Gasteiger partial charge in [0.2, 0.25) is 0 Å². The van der Waals surface area contributed by atoms with Gasteiger partial charge in [0.15, 0.2) is 0 Å². The molecule has 87 valence electrons. The van der Waals surface area contributed by atoms with Crippen molar-refractivity contribution in [2.75, 3.05) is 26.2 Å². The molecule has 1 aliphatic rings. The zero-order chi connectivity index (χ0) is 11.2. The summed E-state index contributed by atoms with van der Waals surface area (Å²) in [5, 5.41) is 0. The molecule has 1 saturated heterocycles. The predicted molar refractivity (Wildman–Crippen MR) is 68.8 cm³/mol. The molecule has 16 heavy (non-hydrogen) atoms. The fourth-order valence-electron chi connectivity index (χ4n) is 1.95. The van der Waals surface area contributed by atoms with Crippen LogP contribution in [0.4, 0.5) is 0 Å². The Labute approximate surface area is 106 Å². The van der Waals surface area contributed by atoms with Crippen molar-refractivity contribution in [2.45, 2.75) is 19.3 Å². The van der Waals surface area contributed by atoms with Gasteiger partial charge in [0.1, 0.15) is 12.4 Å². The van der Waals surface area contributed by atoms with Crippen LogP contribution < -0.4 is 4.74 Å². The summed E-state index contributed by atoms with van der Waals surface area (Å²) in [6, 6.07) is 8.90. The highest BCUT2D eigenvalue weighted by Gasteiger charge is 2.09. The number of halogens is 1. The van der Waals surface area contributed by atoms with Crippen molar-refractivity contribution in [2.24, 2.45) is 0 Å².